The molecule has 0 radical (unpaired) electrons. The number of hydrogen-bond acceptors (Lipinski definition) is 6. The molecule has 0 saturated carbocycles. The van der Waals surface area contributed by atoms with E-state index in [0.717, 1.165) is 11.3 Å². The summed E-state index contributed by atoms with van der Waals surface area (Å²) in [6.07, 6.45) is 0. The molecule has 25 heavy (non-hydrogen) atoms. The molecular weight excluding hydrogens is 409 g/mol. The quantitative estimate of drug-likeness (QED) is 0.797. The third kappa shape index (κ3) is 4.06. The van der Waals surface area contributed by atoms with Crippen LogP contribution in [-0.4, -0.2) is 39.6 Å². The monoisotopic (exact) mass is 423 g/mol. The van der Waals surface area contributed by atoms with E-state index in [9.17, 15) is 21.2 Å². The third-order valence-corrected chi connectivity index (χ3v) is 9.95. The predicted molar refractivity (Wildman–Crippen MR) is 96.0 cm³/mol. The topological polar surface area (TPSA) is 80.3 Å². The minimum atomic E-state index is -3.85. The van der Waals surface area contributed by atoms with Gasteiger partial charge in [0.2, 0.25) is 0 Å². The first kappa shape index (κ1) is 18.8. The molecule has 0 unspecified atom stereocenters. The van der Waals surface area contributed by atoms with Crippen molar-refractivity contribution in [2.45, 2.75) is 22.0 Å². The molecule has 0 bridgehead atoms. The summed E-state index contributed by atoms with van der Waals surface area (Å²) in [5, 5.41) is 1.77. The van der Waals surface area contributed by atoms with Crippen LogP contribution in [-0.2, 0) is 26.2 Å². The van der Waals surface area contributed by atoms with Crippen LogP contribution in [0.1, 0.15) is 5.56 Å². The van der Waals surface area contributed by atoms with Crippen LogP contribution in [0.5, 0.6) is 0 Å². The van der Waals surface area contributed by atoms with Crippen molar-refractivity contribution in [1.82, 2.24) is 5.32 Å². The Morgan fingerprint density at radius 1 is 1.20 bits per heavy atom. The second kappa shape index (κ2) is 6.96. The molecule has 0 spiro atoms. The second-order valence-electron chi connectivity index (χ2n) is 5.80. The lowest BCUT2D eigenvalue weighted by molar-refractivity contribution is 0.516. The van der Waals surface area contributed by atoms with Gasteiger partial charge in [-0.25, -0.2) is 21.2 Å². The largest absolute Gasteiger partial charge is 0.307 e. The van der Waals surface area contributed by atoms with E-state index >= 15 is 0 Å². The number of halogens is 2. The maximum atomic E-state index is 13.7. The van der Waals surface area contributed by atoms with Crippen LogP contribution in [0.3, 0.4) is 0 Å². The smallest absolute Gasteiger partial charge is 0.193 e. The van der Waals surface area contributed by atoms with Crippen molar-refractivity contribution in [3.63, 3.8) is 0 Å². The van der Waals surface area contributed by atoms with Gasteiger partial charge in [0, 0.05) is 18.2 Å². The average Bonchev–Trinajstić information content (AvgIpc) is 3.10. The number of hydrogen-bond donors (Lipinski definition) is 1. The highest BCUT2D eigenvalue weighted by atomic mass is 35.5. The first-order valence-corrected chi connectivity index (χ1v) is 11.9. The van der Waals surface area contributed by atoms with E-state index in [1.807, 2.05) is 0 Å². The summed E-state index contributed by atoms with van der Waals surface area (Å²) in [4.78, 5) is 0. The average molecular weight is 424 g/mol. The van der Waals surface area contributed by atoms with Gasteiger partial charge in [0.25, 0.3) is 0 Å². The van der Waals surface area contributed by atoms with Crippen LogP contribution >= 0.6 is 22.9 Å². The van der Waals surface area contributed by atoms with Crippen molar-refractivity contribution in [3.8, 4) is 0 Å². The van der Waals surface area contributed by atoms with Crippen LogP contribution in [0.4, 0.5) is 4.39 Å². The standard InChI is InChI=1S/C15H15ClFNO4S3/c16-14-5-6-15(23-14)25(21,22)13-9-24(19,20)8-12(13)18-7-10-3-1-2-4-11(10)17/h1-6,12-13,18H,7-9H2/t12-,13-/m0/s1. The van der Waals surface area contributed by atoms with Gasteiger partial charge in [-0.15, -0.1) is 11.3 Å². The summed E-state index contributed by atoms with van der Waals surface area (Å²) in [6.45, 7) is 0.0457. The molecule has 1 aromatic carbocycles. The normalized spacial score (nSPS) is 23.0. The molecule has 1 fully saturated rings. The number of rotatable bonds is 5. The van der Waals surface area contributed by atoms with Gasteiger partial charge in [-0.05, 0) is 18.2 Å². The lowest BCUT2D eigenvalue weighted by Crippen LogP contribution is -2.42. The molecule has 3 rings (SSSR count). The Morgan fingerprint density at radius 2 is 1.92 bits per heavy atom. The van der Waals surface area contributed by atoms with Gasteiger partial charge in [-0.2, -0.15) is 0 Å². The van der Waals surface area contributed by atoms with Crippen LogP contribution in [0, 0.1) is 5.82 Å². The Bertz CT molecular complexity index is 988. The minimum absolute atomic E-state index is 0.0392. The van der Waals surface area contributed by atoms with Crippen molar-refractivity contribution >= 4 is 42.6 Å². The highest BCUT2D eigenvalue weighted by Crippen LogP contribution is 2.32. The molecular formula is C15H15ClFNO4S3. The molecule has 1 aliphatic rings. The number of nitrogens with one attached hydrogen (secondary N) is 1. The van der Waals surface area contributed by atoms with Gasteiger partial charge in [0.1, 0.15) is 10.0 Å². The fraction of sp³-hybridized carbons (Fsp3) is 0.333. The van der Waals surface area contributed by atoms with E-state index in [-0.39, 0.29) is 16.5 Å². The van der Waals surface area contributed by atoms with Crippen molar-refractivity contribution in [2.75, 3.05) is 11.5 Å². The first-order chi connectivity index (χ1) is 11.7. The van der Waals surface area contributed by atoms with Gasteiger partial charge in [0.15, 0.2) is 19.7 Å². The Kier molecular flexibility index (Phi) is 5.23. The Labute approximate surface area is 154 Å². The molecule has 1 aromatic heterocycles. The SMILES string of the molecule is O=S1(=O)C[C@H](NCc2ccccc2F)[C@@H](S(=O)(=O)c2ccc(Cl)s2)C1. The fourth-order valence-corrected chi connectivity index (χ4v) is 9.22. The maximum absolute atomic E-state index is 13.7. The maximum Gasteiger partial charge on any atom is 0.193 e. The predicted octanol–water partition coefficient (Wildman–Crippen LogP) is 2.27. The van der Waals surface area contributed by atoms with Crippen LogP contribution in [0.25, 0.3) is 0 Å². The van der Waals surface area contributed by atoms with Crippen molar-refractivity contribution in [3.05, 3.63) is 52.1 Å². The summed E-state index contributed by atoms with van der Waals surface area (Å²) in [5.41, 5.74) is 0.349. The summed E-state index contributed by atoms with van der Waals surface area (Å²) in [5.74, 6) is -1.19. The number of sulfone groups is 2. The molecule has 1 saturated heterocycles. The summed E-state index contributed by atoms with van der Waals surface area (Å²) in [6, 6.07) is 8.10. The van der Waals surface area contributed by atoms with Gasteiger partial charge in [0.05, 0.1) is 21.1 Å². The Balaban J connectivity index is 1.85. The van der Waals surface area contributed by atoms with E-state index in [2.05, 4.69) is 5.32 Å². The van der Waals surface area contributed by atoms with Gasteiger partial charge < -0.3 is 5.32 Å². The van der Waals surface area contributed by atoms with Gasteiger partial charge in [-0.3, -0.25) is 0 Å². The summed E-state index contributed by atoms with van der Waals surface area (Å²) >= 11 is 6.70. The molecule has 0 aliphatic carbocycles. The molecule has 1 aliphatic heterocycles. The molecule has 136 valence electrons. The Morgan fingerprint density at radius 3 is 2.56 bits per heavy atom. The van der Waals surface area contributed by atoms with E-state index < -0.39 is 42.5 Å². The number of thiophene rings is 1. The molecule has 0 amide bonds. The van der Waals surface area contributed by atoms with Crippen molar-refractivity contribution in [2.24, 2.45) is 0 Å². The highest BCUT2D eigenvalue weighted by molar-refractivity contribution is 7.97. The number of benzene rings is 1. The van der Waals surface area contributed by atoms with E-state index in [0.29, 0.717) is 9.90 Å². The van der Waals surface area contributed by atoms with Crippen LogP contribution in [0.15, 0.2) is 40.6 Å². The first-order valence-electron chi connectivity index (χ1n) is 7.35. The molecule has 2 heterocycles. The summed E-state index contributed by atoms with van der Waals surface area (Å²) < 4.78 is 63.7. The van der Waals surface area contributed by atoms with Gasteiger partial charge in [-0.1, -0.05) is 29.8 Å². The van der Waals surface area contributed by atoms with E-state index in [4.69, 9.17) is 11.6 Å². The molecule has 5 nitrogen and oxygen atoms in total. The van der Waals surface area contributed by atoms with Crippen molar-refractivity contribution in [1.29, 1.82) is 0 Å². The van der Waals surface area contributed by atoms with E-state index in [1.165, 1.54) is 18.2 Å². The third-order valence-electron chi connectivity index (χ3n) is 4.04. The van der Waals surface area contributed by atoms with Crippen LogP contribution in [0.2, 0.25) is 4.34 Å². The molecule has 2 aromatic rings. The molecule has 2 atom stereocenters. The zero-order valence-electron chi connectivity index (χ0n) is 12.9. The highest BCUT2D eigenvalue weighted by Gasteiger charge is 2.46. The summed E-state index contributed by atoms with van der Waals surface area (Å²) in [7, 11) is -7.36. The lowest BCUT2D eigenvalue weighted by Gasteiger charge is -2.19. The lowest BCUT2D eigenvalue weighted by atomic mass is 10.2. The Hall–Kier alpha value is -1.000. The van der Waals surface area contributed by atoms with E-state index in [1.54, 1.807) is 18.2 Å². The zero-order valence-corrected chi connectivity index (χ0v) is 16.1. The minimum Gasteiger partial charge on any atom is -0.307 e. The second-order valence-corrected chi connectivity index (χ2v) is 12.1. The molecule has 10 heteroatoms. The van der Waals surface area contributed by atoms with Crippen molar-refractivity contribution < 1.29 is 21.2 Å². The molecule has 1 N–H and O–H groups in total. The zero-order chi connectivity index (χ0) is 18.2. The van der Waals surface area contributed by atoms with Gasteiger partial charge >= 0.3 is 0 Å². The fourth-order valence-electron chi connectivity index (χ4n) is 2.79. The van der Waals surface area contributed by atoms with Crippen LogP contribution < -0.4 is 5.32 Å².